The van der Waals surface area contributed by atoms with Crippen LogP contribution < -0.4 is 16.0 Å². The Labute approximate surface area is 129 Å². The Kier molecular flexibility index (Phi) is 4.13. The maximum atomic E-state index is 12.4. The molecule has 1 aliphatic carbocycles. The Morgan fingerprint density at radius 2 is 1.95 bits per heavy atom. The molecule has 0 aromatic heterocycles. The van der Waals surface area contributed by atoms with Gasteiger partial charge in [-0.1, -0.05) is 12.1 Å². The molecule has 3 rings (SSSR count). The summed E-state index contributed by atoms with van der Waals surface area (Å²) in [5.74, 6) is -0.320. The molecule has 0 bridgehead atoms. The monoisotopic (exact) mass is 303 g/mol. The Morgan fingerprint density at radius 3 is 2.50 bits per heavy atom. The smallest absolute Gasteiger partial charge is 0.337 e. The SMILES string of the molecule is COC(=O)c1ccc(C2(NC(=O)C3CNCCN3)CC2)cc1. The van der Waals surface area contributed by atoms with Gasteiger partial charge in [0.15, 0.2) is 0 Å². The first-order chi connectivity index (χ1) is 10.6. The normalized spacial score (nSPS) is 22.7. The molecule has 1 saturated carbocycles. The number of nitrogens with one attached hydrogen (secondary N) is 3. The van der Waals surface area contributed by atoms with Crippen molar-refractivity contribution in [2.24, 2.45) is 0 Å². The minimum atomic E-state index is -0.349. The standard InChI is InChI=1S/C16H21N3O3/c1-22-15(21)11-2-4-12(5-3-11)16(6-7-16)19-14(20)13-10-17-8-9-18-13/h2-5,13,17-18H,6-10H2,1H3,(H,19,20). The van der Waals surface area contributed by atoms with Crippen LogP contribution in [0.4, 0.5) is 0 Å². The van der Waals surface area contributed by atoms with Gasteiger partial charge in [-0.3, -0.25) is 4.79 Å². The molecule has 1 amide bonds. The van der Waals surface area contributed by atoms with E-state index in [9.17, 15) is 9.59 Å². The van der Waals surface area contributed by atoms with Crippen molar-refractivity contribution >= 4 is 11.9 Å². The molecule has 1 aromatic carbocycles. The predicted octanol–water partition coefficient (Wildman–Crippen LogP) is 0.140. The van der Waals surface area contributed by atoms with Gasteiger partial charge in [-0.25, -0.2) is 4.79 Å². The number of benzene rings is 1. The highest BCUT2D eigenvalue weighted by molar-refractivity contribution is 5.89. The fourth-order valence-corrected chi connectivity index (χ4v) is 2.82. The maximum Gasteiger partial charge on any atom is 0.337 e. The number of hydrogen-bond acceptors (Lipinski definition) is 5. The van der Waals surface area contributed by atoms with Gasteiger partial charge in [0.1, 0.15) is 0 Å². The van der Waals surface area contributed by atoms with Crippen LogP contribution in [0.1, 0.15) is 28.8 Å². The number of rotatable bonds is 4. The van der Waals surface area contributed by atoms with Crippen molar-refractivity contribution in [1.82, 2.24) is 16.0 Å². The summed E-state index contributed by atoms with van der Waals surface area (Å²) in [4.78, 5) is 23.8. The number of carbonyl (C=O) groups excluding carboxylic acids is 2. The molecule has 1 aliphatic heterocycles. The highest BCUT2D eigenvalue weighted by Crippen LogP contribution is 2.45. The van der Waals surface area contributed by atoms with Crippen LogP contribution in [0.2, 0.25) is 0 Å². The van der Waals surface area contributed by atoms with Gasteiger partial charge in [0.2, 0.25) is 5.91 Å². The lowest BCUT2D eigenvalue weighted by Gasteiger charge is -2.26. The van der Waals surface area contributed by atoms with Crippen LogP contribution in [-0.2, 0) is 15.1 Å². The van der Waals surface area contributed by atoms with Gasteiger partial charge in [-0.2, -0.15) is 0 Å². The third-order valence-corrected chi connectivity index (χ3v) is 4.33. The summed E-state index contributed by atoms with van der Waals surface area (Å²) in [6.45, 7) is 2.35. The van der Waals surface area contributed by atoms with Crippen molar-refractivity contribution < 1.29 is 14.3 Å². The van der Waals surface area contributed by atoms with Crippen LogP contribution in [0.15, 0.2) is 24.3 Å². The third kappa shape index (κ3) is 2.98. The molecule has 1 unspecified atom stereocenters. The van der Waals surface area contributed by atoms with Crippen molar-refractivity contribution in [1.29, 1.82) is 0 Å². The average Bonchev–Trinajstić information content (AvgIpc) is 3.36. The van der Waals surface area contributed by atoms with Gasteiger partial charge in [0.25, 0.3) is 0 Å². The lowest BCUT2D eigenvalue weighted by atomic mass is 10.0. The Hall–Kier alpha value is -1.92. The summed E-state index contributed by atoms with van der Waals surface area (Å²) < 4.78 is 4.70. The molecule has 22 heavy (non-hydrogen) atoms. The summed E-state index contributed by atoms with van der Waals surface area (Å²) in [5, 5.41) is 9.59. The van der Waals surface area contributed by atoms with Gasteiger partial charge < -0.3 is 20.7 Å². The first kappa shape index (κ1) is 15.0. The minimum absolute atomic E-state index is 0.0294. The van der Waals surface area contributed by atoms with Crippen molar-refractivity contribution in [3.05, 3.63) is 35.4 Å². The first-order valence-corrected chi connectivity index (χ1v) is 7.60. The van der Waals surface area contributed by atoms with Gasteiger partial charge in [0.05, 0.1) is 24.3 Å². The van der Waals surface area contributed by atoms with Crippen molar-refractivity contribution in [2.75, 3.05) is 26.7 Å². The molecule has 1 saturated heterocycles. The van der Waals surface area contributed by atoms with E-state index >= 15 is 0 Å². The van der Waals surface area contributed by atoms with Crippen molar-refractivity contribution in [3.8, 4) is 0 Å². The fourth-order valence-electron chi connectivity index (χ4n) is 2.82. The molecule has 0 radical (unpaired) electrons. The van der Waals surface area contributed by atoms with Gasteiger partial charge >= 0.3 is 5.97 Å². The first-order valence-electron chi connectivity index (χ1n) is 7.60. The van der Waals surface area contributed by atoms with Gasteiger partial charge in [-0.05, 0) is 30.5 Å². The quantitative estimate of drug-likeness (QED) is 0.690. The summed E-state index contributed by atoms with van der Waals surface area (Å²) in [7, 11) is 1.37. The Bertz CT molecular complexity index is 561. The number of carbonyl (C=O) groups is 2. The van der Waals surface area contributed by atoms with Crippen molar-refractivity contribution in [3.63, 3.8) is 0 Å². The van der Waals surface area contributed by atoms with Crippen LogP contribution in [-0.4, -0.2) is 44.7 Å². The Balaban J connectivity index is 1.68. The third-order valence-electron chi connectivity index (χ3n) is 4.33. The molecule has 3 N–H and O–H groups in total. The molecule has 1 aromatic rings. The number of methoxy groups -OCH3 is 1. The lowest BCUT2D eigenvalue weighted by Crippen LogP contribution is -2.57. The number of piperazine rings is 1. The molecule has 1 heterocycles. The highest BCUT2D eigenvalue weighted by Gasteiger charge is 2.46. The van der Waals surface area contributed by atoms with E-state index in [1.165, 1.54) is 7.11 Å². The summed E-state index contributed by atoms with van der Waals surface area (Å²) >= 11 is 0. The lowest BCUT2D eigenvalue weighted by molar-refractivity contribution is -0.124. The second-order valence-electron chi connectivity index (χ2n) is 5.85. The number of esters is 1. The van der Waals surface area contributed by atoms with Crippen LogP contribution in [0.5, 0.6) is 0 Å². The Morgan fingerprint density at radius 1 is 1.23 bits per heavy atom. The zero-order chi connectivity index (χ0) is 15.6. The topological polar surface area (TPSA) is 79.5 Å². The zero-order valence-electron chi connectivity index (χ0n) is 12.6. The van der Waals surface area contributed by atoms with E-state index in [1.54, 1.807) is 12.1 Å². The van der Waals surface area contributed by atoms with E-state index in [0.29, 0.717) is 12.1 Å². The largest absolute Gasteiger partial charge is 0.465 e. The second kappa shape index (κ2) is 6.06. The molecule has 6 nitrogen and oxygen atoms in total. The summed E-state index contributed by atoms with van der Waals surface area (Å²) in [6.07, 6.45) is 1.85. The average molecular weight is 303 g/mol. The minimum Gasteiger partial charge on any atom is -0.465 e. The molecule has 0 spiro atoms. The van der Waals surface area contributed by atoms with E-state index in [2.05, 4.69) is 16.0 Å². The summed E-state index contributed by atoms with van der Waals surface area (Å²) in [5.41, 5.74) is 1.29. The van der Waals surface area contributed by atoms with Crippen LogP contribution in [0.25, 0.3) is 0 Å². The molecule has 2 fully saturated rings. The van der Waals surface area contributed by atoms with Crippen molar-refractivity contribution in [2.45, 2.75) is 24.4 Å². The number of ether oxygens (including phenoxy) is 1. The van der Waals surface area contributed by atoms with Gasteiger partial charge in [-0.15, -0.1) is 0 Å². The van der Waals surface area contributed by atoms with Gasteiger partial charge in [0, 0.05) is 19.6 Å². The second-order valence-corrected chi connectivity index (χ2v) is 5.85. The maximum absolute atomic E-state index is 12.4. The van der Waals surface area contributed by atoms with E-state index < -0.39 is 0 Å². The summed E-state index contributed by atoms with van der Waals surface area (Å²) in [6, 6.07) is 7.10. The van der Waals surface area contributed by atoms with E-state index in [1.807, 2.05) is 12.1 Å². The number of hydrogen-bond donors (Lipinski definition) is 3. The van der Waals surface area contributed by atoms with E-state index in [4.69, 9.17) is 4.74 Å². The molecule has 1 atom stereocenters. The predicted molar refractivity (Wildman–Crippen MR) is 81.5 cm³/mol. The molecule has 2 aliphatic rings. The van der Waals surface area contributed by atoms with Crippen LogP contribution in [0, 0.1) is 0 Å². The van der Waals surface area contributed by atoms with Crippen LogP contribution >= 0.6 is 0 Å². The van der Waals surface area contributed by atoms with Crippen LogP contribution in [0.3, 0.4) is 0 Å². The zero-order valence-corrected chi connectivity index (χ0v) is 12.6. The molecular formula is C16H21N3O3. The number of amides is 1. The fraction of sp³-hybridized carbons (Fsp3) is 0.500. The van der Waals surface area contributed by atoms with E-state index in [0.717, 1.165) is 31.5 Å². The molecule has 6 heteroatoms. The highest BCUT2D eigenvalue weighted by atomic mass is 16.5. The van der Waals surface area contributed by atoms with E-state index in [-0.39, 0.29) is 23.5 Å². The molecular weight excluding hydrogens is 282 g/mol. The molecule has 118 valence electrons.